The molecular formula is C13H15N5O. The monoisotopic (exact) mass is 257 g/mol. The Morgan fingerprint density at radius 2 is 2.05 bits per heavy atom. The standard InChI is InChI=1S/C13H15N5O/c1-3-14-12-7-6-11(17-18-12)13(19)16-10-5-4-9(2)15-8-10/h4-8H,3H2,1-2H3,(H,14,18)(H,16,19). The summed E-state index contributed by atoms with van der Waals surface area (Å²) in [5.41, 5.74) is 1.79. The van der Waals surface area contributed by atoms with Crippen LogP contribution in [0.4, 0.5) is 11.5 Å². The van der Waals surface area contributed by atoms with Crippen molar-refractivity contribution in [3.63, 3.8) is 0 Å². The molecule has 19 heavy (non-hydrogen) atoms. The molecule has 98 valence electrons. The number of carbonyl (C=O) groups is 1. The second-order valence-electron chi connectivity index (χ2n) is 3.98. The lowest BCUT2D eigenvalue weighted by atomic mass is 10.3. The first-order valence-electron chi connectivity index (χ1n) is 6.00. The molecule has 6 heteroatoms. The van der Waals surface area contributed by atoms with Crippen LogP contribution in [0.25, 0.3) is 0 Å². The van der Waals surface area contributed by atoms with E-state index in [-0.39, 0.29) is 11.6 Å². The average molecular weight is 257 g/mol. The van der Waals surface area contributed by atoms with Crippen LogP contribution in [-0.4, -0.2) is 27.6 Å². The van der Waals surface area contributed by atoms with E-state index in [1.165, 1.54) is 0 Å². The summed E-state index contributed by atoms with van der Waals surface area (Å²) in [6.07, 6.45) is 1.60. The van der Waals surface area contributed by atoms with Crippen LogP contribution in [0, 0.1) is 6.92 Å². The molecule has 0 radical (unpaired) electrons. The third kappa shape index (κ3) is 3.48. The second-order valence-corrected chi connectivity index (χ2v) is 3.98. The topological polar surface area (TPSA) is 79.8 Å². The van der Waals surface area contributed by atoms with Crippen LogP contribution in [0.1, 0.15) is 23.1 Å². The van der Waals surface area contributed by atoms with Crippen LogP contribution in [0.2, 0.25) is 0 Å². The lowest BCUT2D eigenvalue weighted by Crippen LogP contribution is -2.15. The first-order chi connectivity index (χ1) is 9.19. The number of anilines is 2. The van der Waals surface area contributed by atoms with Gasteiger partial charge in [-0.15, -0.1) is 10.2 Å². The van der Waals surface area contributed by atoms with Crippen LogP contribution < -0.4 is 10.6 Å². The number of aromatic nitrogens is 3. The van der Waals surface area contributed by atoms with Crippen molar-refractivity contribution in [2.45, 2.75) is 13.8 Å². The van der Waals surface area contributed by atoms with E-state index < -0.39 is 0 Å². The second kappa shape index (κ2) is 5.90. The van der Waals surface area contributed by atoms with Gasteiger partial charge in [0.05, 0.1) is 11.9 Å². The Hall–Kier alpha value is -2.50. The van der Waals surface area contributed by atoms with Crippen LogP contribution in [0.15, 0.2) is 30.5 Å². The molecule has 2 aromatic heterocycles. The Bertz CT molecular complexity index is 550. The number of amides is 1. The molecule has 0 aliphatic heterocycles. The molecule has 0 fully saturated rings. The van der Waals surface area contributed by atoms with E-state index in [4.69, 9.17) is 0 Å². The number of rotatable bonds is 4. The Kier molecular flexibility index (Phi) is 4.02. The predicted molar refractivity (Wildman–Crippen MR) is 73.1 cm³/mol. The molecule has 2 rings (SSSR count). The molecule has 2 heterocycles. The first-order valence-corrected chi connectivity index (χ1v) is 6.00. The van der Waals surface area contributed by atoms with Crippen molar-refractivity contribution in [2.75, 3.05) is 17.2 Å². The smallest absolute Gasteiger partial charge is 0.276 e. The molecule has 0 atom stereocenters. The minimum absolute atomic E-state index is 0.266. The van der Waals surface area contributed by atoms with Crippen molar-refractivity contribution in [3.05, 3.63) is 41.9 Å². The summed E-state index contributed by atoms with van der Waals surface area (Å²) in [5, 5.41) is 13.5. The maximum absolute atomic E-state index is 11.9. The number of nitrogens with one attached hydrogen (secondary N) is 2. The van der Waals surface area contributed by atoms with Gasteiger partial charge < -0.3 is 10.6 Å². The molecule has 0 saturated heterocycles. The molecule has 0 spiro atoms. The van der Waals surface area contributed by atoms with Crippen molar-refractivity contribution in [2.24, 2.45) is 0 Å². The summed E-state index contributed by atoms with van der Waals surface area (Å²) in [5.74, 6) is 0.345. The summed E-state index contributed by atoms with van der Waals surface area (Å²) >= 11 is 0. The average Bonchev–Trinajstić information content (AvgIpc) is 2.42. The number of carbonyl (C=O) groups excluding carboxylic acids is 1. The highest BCUT2D eigenvalue weighted by Crippen LogP contribution is 2.08. The van der Waals surface area contributed by atoms with Crippen molar-refractivity contribution in [3.8, 4) is 0 Å². The highest BCUT2D eigenvalue weighted by molar-refractivity contribution is 6.02. The van der Waals surface area contributed by atoms with Crippen LogP contribution >= 0.6 is 0 Å². The SMILES string of the molecule is CCNc1ccc(C(=O)Nc2ccc(C)nc2)nn1. The van der Waals surface area contributed by atoms with Gasteiger partial charge in [-0.3, -0.25) is 9.78 Å². The summed E-state index contributed by atoms with van der Waals surface area (Å²) < 4.78 is 0. The Morgan fingerprint density at radius 3 is 2.63 bits per heavy atom. The third-order valence-corrected chi connectivity index (χ3v) is 2.42. The fourth-order valence-corrected chi connectivity index (χ4v) is 1.47. The summed E-state index contributed by atoms with van der Waals surface area (Å²) in [6.45, 7) is 4.61. The quantitative estimate of drug-likeness (QED) is 0.874. The van der Waals surface area contributed by atoms with Gasteiger partial charge in [-0.1, -0.05) is 0 Å². The Labute approximate surface area is 111 Å². The van der Waals surface area contributed by atoms with Crippen molar-refractivity contribution in [1.29, 1.82) is 0 Å². The molecule has 0 saturated carbocycles. The molecule has 6 nitrogen and oxygen atoms in total. The Morgan fingerprint density at radius 1 is 1.21 bits per heavy atom. The molecule has 0 bridgehead atoms. The first kappa shape index (κ1) is 12.9. The molecule has 1 amide bonds. The fraction of sp³-hybridized carbons (Fsp3) is 0.231. The van der Waals surface area contributed by atoms with Gasteiger partial charge >= 0.3 is 0 Å². The maximum atomic E-state index is 11.9. The number of hydrogen-bond donors (Lipinski definition) is 2. The fourth-order valence-electron chi connectivity index (χ4n) is 1.47. The van der Waals surface area contributed by atoms with Gasteiger partial charge in [0.1, 0.15) is 5.82 Å². The van der Waals surface area contributed by atoms with Gasteiger partial charge in [0.15, 0.2) is 5.69 Å². The van der Waals surface area contributed by atoms with Crippen molar-refractivity contribution < 1.29 is 4.79 Å². The van der Waals surface area contributed by atoms with E-state index in [0.29, 0.717) is 11.5 Å². The molecule has 2 N–H and O–H groups in total. The highest BCUT2D eigenvalue weighted by atomic mass is 16.1. The largest absolute Gasteiger partial charge is 0.369 e. The minimum atomic E-state index is -0.304. The maximum Gasteiger partial charge on any atom is 0.276 e. The lowest BCUT2D eigenvalue weighted by molar-refractivity contribution is 0.102. The van der Waals surface area contributed by atoms with Crippen molar-refractivity contribution >= 4 is 17.4 Å². The number of nitrogens with zero attached hydrogens (tertiary/aromatic N) is 3. The van der Waals surface area contributed by atoms with Crippen LogP contribution in [0.3, 0.4) is 0 Å². The molecule has 0 aromatic carbocycles. The van der Waals surface area contributed by atoms with E-state index in [1.54, 1.807) is 24.4 Å². The zero-order valence-corrected chi connectivity index (χ0v) is 10.8. The minimum Gasteiger partial charge on any atom is -0.369 e. The molecule has 0 unspecified atom stereocenters. The van der Waals surface area contributed by atoms with Gasteiger partial charge in [0, 0.05) is 12.2 Å². The number of hydrogen-bond acceptors (Lipinski definition) is 5. The third-order valence-electron chi connectivity index (χ3n) is 2.42. The normalized spacial score (nSPS) is 10.0. The number of aryl methyl sites for hydroxylation is 1. The van der Waals surface area contributed by atoms with Gasteiger partial charge in [0.25, 0.3) is 5.91 Å². The lowest BCUT2D eigenvalue weighted by Gasteiger charge is -2.05. The van der Waals surface area contributed by atoms with E-state index in [0.717, 1.165) is 12.2 Å². The summed E-state index contributed by atoms with van der Waals surface area (Å²) in [6, 6.07) is 6.97. The van der Waals surface area contributed by atoms with Crippen LogP contribution in [-0.2, 0) is 0 Å². The van der Waals surface area contributed by atoms with Gasteiger partial charge in [0.2, 0.25) is 0 Å². The van der Waals surface area contributed by atoms with E-state index in [2.05, 4.69) is 25.8 Å². The van der Waals surface area contributed by atoms with Crippen LogP contribution in [0.5, 0.6) is 0 Å². The zero-order valence-electron chi connectivity index (χ0n) is 10.8. The van der Waals surface area contributed by atoms with Crippen molar-refractivity contribution in [1.82, 2.24) is 15.2 Å². The summed E-state index contributed by atoms with van der Waals surface area (Å²) in [7, 11) is 0. The molecule has 0 aliphatic rings. The Balaban J connectivity index is 2.05. The van der Waals surface area contributed by atoms with E-state index >= 15 is 0 Å². The van der Waals surface area contributed by atoms with Gasteiger partial charge in [-0.05, 0) is 38.1 Å². The molecule has 0 aliphatic carbocycles. The zero-order chi connectivity index (χ0) is 13.7. The van der Waals surface area contributed by atoms with Gasteiger partial charge in [-0.25, -0.2) is 0 Å². The van der Waals surface area contributed by atoms with E-state index in [1.807, 2.05) is 19.9 Å². The highest BCUT2D eigenvalue weighted by Gasteiger charge is 2.08. The number of pyridine rings is 1. The van der Waals surface area contributed by atoms with Gasteiger partial charge in [-0.2, -0.15) is 0 Å². The molecular weight excluding hydrogens is 242 g/mol. The van der Waals surface area contributed by atoms with E-state index in [9.17, 15) is 4.79 Å². The predicted octanol–water partition coefficient (Wildman–Crippen LogP) is 1.86. The molecule has 2 aromatic rings. The summed E-state index contributed by atoms with van der Waals surface area (Å²) in [4.78, 5) is 16.0.